The molecule has 0 unspecified atom stereocenters. The van der Waals surface area contributed by atoms with Crippen molar-refractivity contribution in [3.63, 3.8) is 0 Å². The van der Waals surface area contributed by atoms with Crippen molar-refractivity contribution in [1.82, 2.24) is 4.98 Å². The predicted octanol–water partition coefficient (Wildman–Crippen LogP) is 4.52. The number of carbonyl (C=O) groups excluding carboxylic acids is 1. The molecule has 0 saturated carbocycles. The first-order valence-corrected chi connectivity index (χ1v) is 8.26. The summed E-state index contributed by atoms with van der Waals surface area (Å²) in [5.41, 5.74) is 3.56. The highest BCUT2D eigenvalue weighted by atomic mass is 32.1. The van der Waals surface area contributed by atoms with Crippen LogP contribution < -0.4 is 15.4 Å². The molecule has 0 fully saturated rings. The third-order valence-electron chi connectivity index (χ3n) is 3.32. The Balaban J connectivity index is 1.75. The molecular weight excluding hydrogens is 322 g/mol. The van der Waals surface area contributed by atoms with E-state index in [1.807, 2.05) is 53.9 Å². The van der Waals surface area contributed by atoms with E-state index in [2.05, 4.69) is 15.6 Å². The van der Waals surface area contributed by atoms with Gasteiger partial charge in [0.05, 0.1) is 12.8 Å². The number of hydrogen-bond acceptors (Lipinski definition) is 5. The summed E-state index contributed by atoms with van der Waals surface area (Å²) in [5, 5.41) is 8.82. The van der Waals surface area contributed by atoms with Gasteiger partial charge in [-0.15, -0.1) is 11.3 Å². The SMILES string of the molecule is COc1ccc(-c2csc(Nc3cccc(NC(C)=O)c3)n2)cc1. The average Bonchev–Trinajstić information content (AvgIpc) is 3.03. The molecule has 24 heavy (non-hydrogen) atoms. The number of ether oxygens (including phenoxy) is 1. The van der Waals surface area contributed by atoms with Gasteiger partial charge in [-0.25, -0.2) is 4.98 Å². The number of thiazole rings is 1. The molecule has 3 aromatic rings. The molecule has 5 nitrogen and oxygen atoms in total. The normalized spacial score (nSPS) is 10.2. The number of methoxy groups -OCH3 is 1. The van der Waals surface area contributed by atoms with Gasteiger partial charge in [-0.05, 0) is 42.5 Å². The van der Waals surface area contributed by atoms with Crippen LogP contribution in [0.1, 0.15) is 6.92 Å². The van der Waals surface area contributed by atoms with E-state index < -0.39 is 0 Å². The summed E-state index contributed by atoms with van der Waals surface area (Å²) >= 11 is 1.53. The first kappa shape index (κ1) is 16.0. The number of rotatable bonds is 5. The van der Waals surface area contributed by atoms with E-state index >= 15 is 0 Å². The maximum absolute atomic E-state index is 11.1. The molecule has 0 atom stereocenters. The molecular formula is C18H17N3O2S. The average molecular weight is 339 g/mol. The van der Waals surface area contributed by atoms with Gasteiger partial charge in [0.25, 0.3) is 0 Å². The lowest BCUT2D eigenvalue weighted by Crippen LogP contribution is -2.05. The second-order valence-electron chi connectivity index (χ2n) is 5.15. The molecule has 0 aliphatic rings. The number of nitrogens with zero attached hydrogens (tertiary/aromatic N) is 1. The molecule has 122 valence electrons. The number of aromatic nitrogens is 1. The van der Waals surface area contributed by atoms with Crippen molar-refractivity contribution < 1.29 is 9.53 Å². The van der Waals surface area contributed by atoms with E-state index in [0.717, 1.165) is 33.5 Å². The Hall–Kier alpha value is -2.86. The van der Waals surface area contributed by atoms with Crippen molar-refractivity contribution in [2.24, 2.45) is 0 Å². The largest absolute Gasteiger partial charge is 0.497 e. The molecule has 0 aliphatic carbocycles. The Morgan fingerprint density at radius 3 is 2.58 bits per heavy atom. The first-order valence-electron chi connectivity index (χ1n) is 7.38. The van der Waals surface area contributed by atoms with Crippen molar-refractivity contribution in [3.05, 3.63) is 53.9 Å². The number of benzene rings is 2. The van der Waals surface area contributed by atoms with Gasteiger partial charge in [0.15, 0.2) is 5.13 Å². The van der Waals surface area contributed by atoms with E-state index in [-0.39, 0.29) is 5.91 Å². The van der Waals surface area contributed by atoms with Crippen molar-refractivity contribution in [2.75, 3.05) is 17.7 Å². The van der Waals surface area contributed by atoms with E-state index in [1.54, 1.807) is 7.11 Å². The highest BCUT2D eigenvalue weighted by Gasteiger charge is 2.06. The monoisotopic (exact) mass is 339 g/mol. The molecule has 2 aromatic carbocycles. The Bertz CT molecular complexity index is 843. The molecule has 6 heteroatoms. The quantitative estimate of drug-likeness (QED) is 0.717. The number of carbonyl (C=O) groups is 1. The van der Waals surface area contributed by atoms with Gasteiger partial charge in [-0.3, -0.25) is 4.79 Å². The minimum Gasteiger partial charge on any atom is -0.497 e. The zero-order chi connectivity index (χ0) is 16.9. The summed E-state index contributed by atoms with van der Waals surface area (Å²) in [7, 11) is 1.65. The Kier molecular flexibility index (Phi) is 4.77. The predicted molar refractivity (Wildman–Crippen MR) is 98.1 cm³/mol. The van der Waals surface area contributed by atoms with E-state index in [0.29, 0.717) is 0 Å². The minimum atomic E-state index is -0.0943. The molecule has 0 saturated heterocycles. The smallest absolute Gasteiger partial charge is 0.221 e. The lowest BCUT2D eigenvalue weighted by Gasteiger charge is -2.06. The molecule has 1 heterocycles. The topological polar surface area (TPSA) is 63.2 Å². The van der Waals surface area contributed by atoms with Gasteiger partial charge in [0, 0.05) is 29.2 Å². The highest BCUT2D eigenvalue weighted by Crippen LogP contribution is 2.28. The summed E-state index contributed by atoms with van der Waals surface area (Å²) in [6.07, 6.45) is 0. The van der Waals surface area contributed by atoms with Gasteiger partial charge in [-0.1, -0.05) is 6.07 Å². The summed E-state index contributed by atoms with van der Waals surface area (Å²) < 4.78 is 5.17. The zero-order valence-corrected chi connectivity index (χ0v) is 14.2. The number of nitrogens with one attached hydrogen (secondary N) is 2. The fourth-order valence-corrected chi connectivity index (χ4v) is 2.97. The van der Waals surface area contributed by atoms with Crippen LogP contribution in [0, 0.1) is 0 Å². The molecule has 0 radical (unpaired) electrons. The molecule has 1 amide bonds. The molecule has 1 aromatic heterocycles. The van der Waals surface area contributed by atoms with Crippen LogP contribution in [-0.2, 0) is 4.79 Å². The fraction of sp³-hybridized carbons (Fsp3) is 0.111. The van der Waals surface area contributed by atoms with Gasteiger partial charge in [-0.2, -0.15) is 0 Å². The standard InChI is InChI=1S/C18H17N3O2S/c1-12(22)19-14-4-3-5-15(10-14)20-18-21-17(11-24-18)13-6-8-16(23-2)9-7-13/h3-11H,1-2H3,(H,19,22)(H,20,21). The van der Waals surface area contributed by atoms with Gasteiger partial charge >= 0.3 is 0 Å². The summed E-state index contributed by atoms with van der Waals surface area (Å²) in [6.45, 7) is 1.49. The van der Waals surface area contributed by atoms with E-state index in [4.69, 9.17) is 4.74 Å². The maximum atomic E-state index is 11.1. The lowest BCUT2D eigenvalue weighted by molar-refractivity contribution is -0.114. The van der Waals surface area contributed by atoms with Crippen LogP contribution in [0.15, 0.2) is 53.9 Å². The molecule has 2 N–H and O–H groups in total. The van der Waals surface area contributed by atoms with Crippen LogP contribution in [0.25, 0.3) is 11.3 Å². The molecule has 0 aliphatic heterocycles. The van der Waals surface area contributed by atoms with Crippen LogP contribution >= 0.6 is 11.3 Å². The Labute approximate surface area is 144 Å². The van der Waals surface area contributed by atoms with Crippen LogP contribution in [-0.4, -0.2) is 18.0 Å². The van der Waals surface area contributed by atoms with Gasteiger partial charge in [0.2, 0.25) is 5.91 Å². The lowest BCUT2D eigenvalue weighted by atomic mass is 10.2. The molecule has 0 spiro atoms. The van der Waals surface area contributed by atoms with Crippen LogP contribution in [0.5, 0.6) is 5.75 Å². The Morgan fingerprint density at radius 1 is 1.12 bits per heavy atom. The van der Waals surface area contributed by atoms with E-state index in [9.17, 15) is 4.79 Å². The van der Waals surface area contributed by atoms with Crippen molar-refractivity contribution >= 4 is 33.8 Å². The van der Waals surface area contributed by atoms with Crippen molar-refractivity contribution in [1.29, 1.82) is 0 Å². The summed E-state index contributed by atoms with van der Waals surface area (Å²) in [5.74, 6) is 0.727. The Morgan fingerprint density at radius 2 is 1.88 bits per heavy atom. The van der Waals surface area contributed by atoms with Crippen LogP contribution in [0.4, 0.5) is 16.5 Å². The van der Waals surface area contributed by atoms with Crippen LogP contribution in [0.3, 0.4) is 0 Å². The summed E-state index contributed by atoms with van der Waals surface area (Å²) in [4.78, 5) is 15.7. The fourth-order valence-electron chi connectivity index (χ4n) is 2.23. The molecule has 0 bridgehead atoms. The van der Waals surface area contributed by atoms with Gasteiger partial charge in [0.1, 0.15) is 5.75 Å². The van der Waals surface area contributed by atoms with Gasteiger partial charge < -0.3 is 15.4 Å². The summed E-state index contributed by atoms with van der Waals surface area (Å²) in [6, 6.07) is 15.3. The second kappa shape index (κ2) is 7.14. The maximum Gasteiger partial charge on any atom is 0.221 e. The highest BCUT2D eigenvalue weighted by molar-refractivity contribution is 7.14. The van der Waals surface area contributed by atoms with Crippen molar-refractivity contribution in [2.45, 2.75) is 6.92 Å². The van der Waals surface area contributed by atoms with E-state index in [1.165, 1.54) is 18.3 Å². The number of anilines is 3. The zero-order valence-electron chi connectivity index (χ0n) is 13.4. The van der Waals surface area contributed by atoms with Crippen LogP contribution in [0.2, 0.25) is 0 Å². The third-order valence-corrected chi connectivity index (χ3v) is 4.08. The minimum absolute atomic E-state index is 0.0943. The number of hydrogen-bond donors (Lipinski definition) is 2. The van der Waals surface area contributed by atoms with Crippen molar-refractivity contribution in [3.8, 4) is 17.0 Å². The molecule has 3 rings (SSSR count). The first-order chi connectivity index (χ1) is 11.6. The number of amides is 1. The third kappa shape index (κ3) is 3.91. The second-order valence-corrected chi connectivity index (χ2v) is 6.01.